The number of hydrogen-bond acceptors (Lipinski definition) is 5. The molecular weight excluding hydrogens is 338 g/mol. The predicted octanol–water partition coefficient (Wildman–Crippen LogP) is 4.58. The molecule has 0 aliphatic heterocycles. The highest BCUT2D eigenvalue weighted by atomic mass is 32.1. The van der Waals surface area contributed by atoms with E-state index < -0.39 is 6.09 Å². The number of amides is 1. The molecule has 25 heavy (non-hydrogen) atoms. The fourth-order valence-corrected chi connectivity index (χ4v) is 3.59. The van der Waals surface area contributed by atoms with Crippen LogP contribution in [0.15, 0.2) is 30.3 Å². The summed E-state index contributed by atoms with van der Waals surface area (Å²) in [5, 5.41) is 2.51. The molecule has 2 N–H and O–H groups in total. The largest absolute Gasteiger partial charge is 0.488 e. The van der Waals surface area contributed by atoms with Gasteiger partial charge in [-0.3, -0.25) is 5.32 Å². The van der Waals surface area contributed by atoms with Crippen molar-refractivity contribution in [2.24, 2.45) is 5.92 Å². The van der Waals surface area contributed by atoms with Gasteiger partial charge in [-0.2, -0.15) is 0 Å². The fourth-order valence-electron chi connectivity index (χ4n) is 2.45. The quantitative estimate of drug-likeness (QED) is 0.675. The Balaban J connectivity index is 1.65. The molecule has 3 aromatic rings. The van der Waals surface area contributed by atoms with E-state index in [0.29, 0.717) is 18.5 Å². The van der Waals surface area contributed by atoms with Gasteiger partial charge in [0.1, 0.15) is 12.4 Å². The summed E-state index contributed by atoms with van der Waals surface area (Å²) >= 11 is 1.79. The Labute approximate surface area is 150 Å². The lowest BCUT2D eigenvalue weighted by Crippen LogP contribution is -2.11. The number of rotatable bonds is 6. The number of aromatic nitrogens is 2. The zero-order valence-electron chi connectivity index (χ0n) is 14.5. The molecule has 0 saturated heterocycles. The van der Waals surface area contributed by atoms with E-state index in [4.69, 9.17) is 4.74 Å². The van der Waals surface area contributed by atoms with Crippen LogP contribution < -0.4 is 10.1 Å². The van der Waals surface area contributed by atoms with Gasteiger partial charge in [-0.15, -0.1) is 11.3 Å². The number of methoxy groups -OCH3 is 1. The molecule has 0 atom stereocenters. The average Bonchev–Trinajstić information content (AvgIpc) is 3.17. The standard InChI is InChI=1S/C18H21N3O3S/c1-11(2)8-13-5-6-14(25-13)10-24-12-4-7-15-16(9-12)20-17(19-15)21-18(22)23-3/h4-7,9,11H,8,10H2,1-3H3,(H2,19,20,21,22). The summed E-state index contributed by atoms with van der Waals surface area (Å²) in [5.41, 5.74) is 1.53. The number of imidazole rings is 1. The molecule has 2 aromatic heterocycles. The molecule has 7 heteroatoms. The summed E-state index contributed by atoms with van der Waals surface area (Å²) in [4.78, 5) is 21.1. The first kappa shape index (κ1) is 17.3. The van der Waals surface area contributed by atoms with Crippen LogP contribution in [-0.4, -0.2) is 23.2 Å². The predicted molar refractivity (Wildman–Crippen MR) is 99.3 cm³/mol. The number of aromatic amines is 1. The molecule has 0 bridgehead atoms. The Bertz CT molecular complexity index is 869. The molecule has 3 rings (SSSR count). The van der Waals surface area contributed by atoms with Crippen molar-refractivity contribution in [3.63, 3.8) is 0 Å². The molecule has 0 fully saturated rings. The van der Waals surface area contributed by atoms with Gasteiger partial charge in [0.2, 0.25) is 5.95 Å². The lowest BCUT2D eigenvalue weighted by molar-refractivity contribution is 0.186. The number of nitrogens with one attached hydrogen (secondary N) is 2. The highest BCUT2D eigenvalue weighted by molar-refractivity contribution is 7.11. The Hall–Kier alpha value is -2.54. The van der Waals surface area contributed by atoms with E-state index in [-0.39, 0.29) is 0 Å². The van der Waals surface area contributed by atoms with E-state index in [0.717, 1.165) is 23.2 Å². The van der Waals surface area contributed by atoms with Crippen molar-refractivity contribution < 1.29 is 14.3 Å². The molecule has 2 heterocycles. The lowest BCUT2D eigenvalue weighted by Gasteiger charge is -2.04. The molecule has 0 spiro atoms. The van der Waals surface area contributed by atoms with Gasteiger partial charge in [0.05, 0.1) is 18.1 Å². The summed E-state index contributed by atoms with van der Waals surface area (Å²) < 4.78 is 10.4. The molecular formula is C18H21N3O3S. The smallest absolute Gasteiger partial charge is 0.413 e. The monoisotopic (exact) mass is 359 g/mol. The van der Waals surface area contributed by atoms with Crippen LogP contribution in [0.5, 0.6) is 5.75 Å². The Morgan fingerprint density at radius 3 is 2.84 bits per heavy atom. The normalized spacial score (nSPS) is 11.0. The average molecular weight is 359 g/mol. The van der Waals surface area contributed by atoms with Crippen molar-refractivity contribution in [1.29, 1.82) is 0 Å². The minimum atomic E-state index is -0.564. The molecule has 0 aliphatic rings. The van der Waals surface area contributed by atoms with Crippen molar-refractivity contribution in [3.05, 3.63) is 40.1 Å². The summed E-state index contributed by atoms with van der Waals surface area (Å²) in [6.07, 6.45) is 0.533. The van der Waals surface area contributed by atoms with Crippen LogP contribution in [0.25, 0.3) is 11.0 Å². The van der Waals surface area contributed by atoms with Crippen LogP contribution in [0.3, 0.4) is 0 Å². The number of thiophene rings is 1. The van der Waals surface area contributed by atoms with Crippen LogP contribution in [0.1, 0.15) is 23.6 Å². The minimum absolute atomic E-state index is 0.343. The summed E-state index contributed by atoms with van der Waals surface area (Å²) in [5.74, 6) is 1.74. The first-order valence-corrected chi connectivity index (χ1v) is 8.90. The molecule has 0 unspecified atom stereocenters. The maximum Gasteiger partial charge on any atom is 0.413 e. The topological polar surface area (TPSA) is 76.2 Å². The zero-order chi connectivity index (χ0) is 17.8. The maximum absolute atomic E-state index is 11.2. The Morgan fingerprint density at radius 1 is 1.28 bits per heavy atom. The van der Waals surface area contributed by atoms with E-state index in [1.165, 1.54) is 16.9 Å². The first-order chi connectivity index (χ1) is 12.0. The summed E-state index contributed by atoms with van der Waals surface area (Å²) in [6, 6.07) is 9.89. The van der Waals surface area contributed by atoms with Gasteiger partial charge in [0.15, 0.2) is 0 Å². The highest BCUT2D eigenvalue weighted by Crippen LogP contribution is 2.24. The number of hydrogen-bond donors (Lipinski definition) is 2. The van der Waals surface area contributed by atoms with Crippen molar-refractivity contribution in [3.8, 4) is 5.75 Å². The van der Waals surface area contributed by atoms with Crippen LogP contribution in [0, 0.1) is 5.92 Å². The van der Waals surface area contributed by atoms with E-state index in [1.807, 2.05) is 18.2 Å². The summed E-state index contributed by atoms with van der Waals surface area (Å²) in [6.45, 7) is 4.97. The van der Waals surface area contributed by atoms with Gasteiger partial charge in [-0.1, -0.05) is 13.8 Å². The number of anilines is 1. The van der Waals surface area contributed by atoms with Crippen LogP contribution in [0.2, 0.25) is 0 Å². The minimum Gasteiger partial charge on any atom is -0.488 e. The number of carbonyl (C=O) groups excluding carboxylic acids is 1. The first-order valence-electron chi connectivity index (χ1n) is 8.08. The van der Waals surface area contributed by atoms with Crippen molar-refractivity contribution in [1.82, 2.24) is 9.97 Å². The van der Waals surface area contributed by atoms with Gasteiger partial charge < -0.3 is 14.5 Å². The van der Waals surface area contributed by atoms with Gasteiger partial charge in [-0.05, 0) is 36.6 Å². The van der Waals surface area contributed by atoms with Crippen molar-refractivity contribution in [2.75, 3.05) is 12.4 Å². The third kappa shape index (κ3) is 4.51. The van der Waals surface area contributed by atoms with Crippen molar-refractivity contribution >= 4 is 34.4 Å². The maximum atomic E-state index is 11.2. The number of ether oxygens (including phenoxy) is 2. The molecule has 1 aromatic carbocycles. The third-order valence-electron chi connectivity index (χ3n) is 3.57. The highest BCUT2D eigenvalue weighted by Gasteiger charge is 2.08. The number of nitrogens with zero attached hydrogens (tertiary/aromatic N) is 1. The number of fused-ring (bicyclic) bond motifs is 1. The number of carbonyl (C=O) groups is 1. The molecule has 6 nitrogen and oxygen atoms in total. The van der Waals surface area contributed by atoms with Gasteiger partial charge >= 0.3 is 6.09 Å². The molecule has 0 radical (unpaired) electrons. The van der Waals surface area contributed by atoms with E-state index >= 15 is 0 Å². The molecule has 132 valence electrons. The SMILES string of the molecule is COC(=O)Nc1nc2cc(OCc3ccc(CC(C)C)s3)ccc2[nH]1. The second-order valence-electron chi connectivity index (χ2n) is 6.14. The van der Waals surface area contributed by atoms with E-state index in [9.17, 15) is 4.79 Å². The van der Waals surface area contributed by atoms with E-state index in [2.05, 4.69) is 46.0 Å². The summed E-state index contributed by atoms with van der Waals surface area (Å²) in [7, 11) is 1.31. The molecule has 1 amide bonds. The van der Waals surface area contributed by atoms with Crippen LogP contribution >= 0.6 is 11.3 Å². The van der Waals surface area contributed by atoms with Gasteiger partial charge in [0.25, 0.3) is 0 Å². The Kier molecular flexibility index (Phi) is 5.23. The lowest BCUT2D eigenvalue weighted by atomic mass is 10.1. The Morgan fingerprint density at radius 2 is 2.08 bits per heavy atom. The zero-order valence-corrected chi connectivity index (χ0v) is 15.3. The molecule has 0 aliphatic carbocycles. The van der Waals surface area contributed by atoms with Crippen LogP contribution in [-0.2, 0) is 17.8 Å². The van der Waals surface area contributed by atoms with Crippen molar-refractivity contribution in [2.45, 2.75) is 26.9 Å². The second-order valence-corrected chi connectivity index (χ2v) is 7.39. The van der Waals surface area contributed by atoms with E-state index in [1.54, 1.807) is 11.3 Å². The van der Waals surface area contributed by atoms with Gasteiger partial charge in [0, 0.05) is 15.8 Å². The van der Waals surface area contributed by atoms with Gasteiger partial charge in [-0.25, -0.2) is 9.78 Å². The molecule has 0 saturated carbocycles. The third-order valence-corrected chi connectivity index (χ3v) is 4.65. The fraction of sp³-hybridized carbons (Fsp3) is 0.333. The second kappa shape index (κ2) is 7.57. The number of benzene rings is 1. The van der Waals surface area contributed by atoms with Crippen LogP contribution in [0.4, 0.5) is 10.7 Å². The number of H-pyrrole nitrogens is 1.